The number of carbonyl (C=O) groups is 2. The van der Waals surface area contributed by atoms with E-state index in [1.807, 2.05) is 32.0 Å². The van der Waals surface area contributed by atoms with E-state index in [2.05, 4.69) is 10.6 Å². The summed E-state index contributed by atoms with van der Waals surface area (Å²) in [5.74, 6) is -2.24. The number of hydrogen-bond acceptors (Lipinski definition) is 2. The lowest BCUT2D eigenvalue weighted by molar-refractivity contribution is -0.136. The largest absolute Gasteiger partial charge is 0.418 e. The van der Waals surface area contributed by atoms with E-state index < -0.39 is 35.1 Å². The second-order valence-corrected chi connectivity index (χ2v) is 7.67. The Kier molecular flexibility index (Phi) is 7.16. The number of nitrogens with one attached hydrogen (secondary N) is 2. The van der Waals surface area contributed by atoms with Gasteiger partial charge in [-0.1, -0.05) is 35.9 Å². The second-order valence-electron chi connectivity index (χ2n) is 7.67. The summed E-state index contributed by atoms with van der Waals surface area (Å²) < 4.78 is 54.6. The summed E-state index contributed by atoms with van der Waals surface area (Å²) in [4.78, 5) is 24.6. The molecule has 0 saturated heterocycles. The second kappa shape index (κ2) is 9.85. The van der Waals surface area contributed by atoms with Crippen molar-refractivity contribution in [2.45, 2.75) is 32.9 Å². The van der Waals surface area contributed by atoms with Crippen molar-refractivity contribution in [1.82, 2.24) is 0 Å². The van der Waals surface area contributed by atoms with Crippen LogP contribution in [0.25, 0.3) is 0 Å². The minimum Gasteiger partial charge on any atom is -0.325 e. The SMILES string of the molecule is Cc1ccc(CCC(=O)Nc2ccc(NC(=O)c3ccccc3F)cc2C(F)(F)F)c(C)c1. The van der Waals surface area contributed by atoms with Crippen LogP contribution in [-0.2, 0) is 17.4 Å². The minimum atomic E-state index is -4.78. The monoisotopic (exact) mass is 458 g/mol. The van der Waals surface area contributed by atoms with Gasteiger partial charge in [-0.2, -0.15) is 13.2 Å². The quantitative estimate of drug-likeness (QED) is 0.427. The first kappa shape index (κ1) is 24.0. The third-order valence-electron chi connectivity index (χ3n) is 5.09. The molecule has 3 aromatic carbocycles. The van der Waals surface area contributed by atoms with E-state index in [4.69, 9.17) is 0 Å². The summed E-state index contributed by atoms with van der Waals surface area (Å²) in [7, 11) is 0. The number of aryl methyl sites for hydroxylation is 3. The Morgan fingerprint density at radius 3 is 2.30 bits per heavy atom. The molecular weight excluding hydrogens is 436 g/mol. The summed E-state index contributed by atoms with van der Waals surface area (Å²) in [6.45, 7) is 3.86. The van der Waals surface area contributed by atoms with Gasteiger partial charge in [0.15, 0.2) is 0 Å². The molecular formula is C25H22F4N2O2. The molecule has 0 heterocycles. The fourth-order valence-electron chi connectivity index (χ4n) is 3.40. The Balaban J connectivity index is 1.74. The van der Waals surface area contributed by atoms with Crippen LogP contribution in [0.2, 0.25) is 0 Å². The van der Waals surface area contributed by atoms with E-state index >= 15 is 0 Å². The number of carbonyl (C=O) groups excluding carboxylic acids is 2. The van der Waals surface area contributed by atoms with Crippen LogP contribution in [0.5, 0.6) is 0 Å². The summed E-state index contributed by atoms with van der Waals surface area (Å²) in [6.07, 6.45) is -4.39. The Hall–Kier alpha value is -3.68. The number of halogens is 4. The third-order valence-corrected chi connectivity index (χ3v) is 5.09. The molecule has 8 heteroatoms. The van der Waals surface area contributed by atoms with Gasteiger partial charge in [0.2, 0.25) is 5.91 Å². The molecule has 3 aromatic rings. The summed E-state index contributed by atoms with van der Waals surface area (Å²) >= 11 is 0. The van der Waals surface area contributed by atoms with Crippen molar-refractivity contribution in [3.63, 3.8) is 0 Å². The molecule has 2 N–H and O–H groups in total. The van der Waals surface area contributed by atoms with Crippen molar-refractivity contribution < 1.29 is 27.2 Å². The molecule has 0 aliphatic heterocycles. The van der Waals surface area contributed by atoms with Crippen LogP contribution in [0.1, 0.15) is 39.0 Å². The summed E-state index contributed by atoms with van der Waals surface area (Å²) in [5, 5.41) is 4.57. The van der Waals surface area contributed by atoms with Gasteiger partial charge >= 0.3 is 6.18 Å². The predicted molar refractivity (Wildman–Crippen MR) is 119 cm³/mol. The van der Waals surface area contributed by atoms with Gasteiger partial charge in [0.05, 0.1) is 16.8 Å². The van der Waals surface area contributed by atoms with Crippen molar-refractivity contribution in [2.75, 3.05) is 10.6 Å². The van der Waals surface area contributed by atoms with Crippen LogP contribution < -0.4 is 10.6 Å². The number of rotatable bonds is 6. The first-order valence-electron chi connectivity index (χ1n) is 10.2. The number of alkyl halides is 3. The van der Waals surface area contributed by atoms with Crippen LogP contribution >= 0.6 is 0 Å². The minimum absolute atomic E-state index is 0.00691. The van der Waals surface area contributed by atoms with Gasteiger partial charge < -0.3 is 10.6 Å². The molecule has 4 nitrogen and oxygen atoms in total. The maximum Gasteiger partial charge on any atom is 0.418 e. The van der Waals surface area contributed by atoms with E-state index in [0.29, 0.717) is 12.5 Å². The highest BCUT2D eigenvalue weighted by atomic mass is 19.4. The molecule has 3 rings (SSSR count). The van der Waals surface area contributed by atoms with Gasteiger partial charge in [-0.3, -0.25) is 9.59 Å². The molecule has 172 valence electrons. The number of benzene rings is 3. The van der Waals surface area contributed by atoms with Crippen molar-refractivity contribution >= 4 is 23.2 Å². The first-order valence-corrected chi connectivity index (χ1v) is 10.2. The highest BCUT2D eigenvalue weighted by molar-refractivity contribution is 6.04. The molecule has 0 aliphatic rings. The van der Waals surface area contributed by atoms with Crippen molar-refractivity contribution in [3.05, 3.63) is 94.3 Å². The Morgan fingerprint density at radius 1 is 0.909 bits per heavy atom. The van der Waals surface area contributed by atoms with Gasteiger partial charge in [0.25, 0.3) is 5.91 Å². The summed E-state index contributed by atoms with van der Waals surface area (Å²) in [5.41, 5.74) is 1.02. The zero-order valence-electron chi connectivity index (χ0n) is 18.0. The van der Waals surface area contributed by atoms with E-state index in [1.165, 1.54) is 24.3 Å². The highest BCUT2D eigenvalue weighted by Crippen LogP contribution is 2.37. The molecule has 0 fully saturated rings. The fourth-order valence-corrected chi connectivity index (χ4v) is 3.40. The molecule has 0 bridgehead atoms. The van der Waals surface area contributed by atoms with E-state index in [9.17, 15) is 27.2 Å². The van der Waals surface area contributed by atoms with Crippen LogP contribution in [0.4, 0.5) is 28.9 Å². The molecule has 2 amide bonds. The lowest BCUT2D eigenvalue weighted by Gasteiger charge is -2.16. The van der Waals surface area contributed by atoms with Gasteiger partial charge in [0, 0.05) is 12.1 Å². The Labute approximate surface area is 188 Å². The maximum absolute atomic E-state index is 13.8. The summed E-state index contributed by atoms with van der Waals surface area (Å²) in [6, 6.07) is 13.9. The van der Waals surface area contributed by atoms with E-state index in [0.717, 1.165) is 28.8 Å². The maximum atomic E-state index is 13.8. The molecule has 0 aliphatic carbocycles. The third kappa shape index (κ3) is 6.19. The standard InChI is InChI=1S/C25H22F4N2O2/c1-15-7-8-17(16(2)13-15)9-12-23(32)31-22-11-10-18(14-20(22)25(27,28)29)30-24(33)19-5-3-4-6-21(19)26/h3-8,10-11,13-14H,9,12H2,1-2H3,(H,30,33)(H,31,32). The molecule has 0 atom stereocenters. The Bertz CT molecular complexity index is 1190. The molecule has 0 aromatic heterocycles. The van der Waals surface area contributed by atoms with Crippen molar-refractivity contribution in [3.8, 4) is 0 Å². The van der Waals surface area contributed by atoms with Crippen molar-refractivity contribution in [1.29, 1.82) is 0 Å². The predicted octanol–water partition coefficient (Wildman–Crippen LogP) is 6.28. The normalized spacial score (nSPS) is 11.2. The molecule has 0 unspecified atom stereocenters. The molecule has 0 spiro atoms. The van der Waals surface area contributed by atoms with Gasteiger partial charge in [-0.25, -0.2) is 4.39 Å². The molecule has 0 radical (unpaired) electrons. The fraction of sp³-hybridized carbons (Fsp3) is 0.200. The Morgan fingerprint density at radius 2 is 1.64 bits per heavy atom. The van der Waals surface area contributed by atoms with E-state index in [-0.39, 0.29) is 17.7 Å². The zero-order chi connectivity index (χ0) is 24.2. The van der Waals surface area contributed by atoms with Crippen LogP contribution in [0.3, 0.4) is 0 Å². The van der Waals surface area contributed by atoms with Crippen LogP contribution in [0, 0.1) is 19.7 Å². The van der Waals surface area contributed by atoms with Crippen molar-refractivity contribution in [2.24, 2.45) is 0 Å². The smallest absolute Gasteiger partial charge is 0.325 e. The van der Waals surface area contributed by atoms with Gasteiger partial charge in [-0.15, -0.1) is 0 Å². The van der Waals surface area contributed by atoms with Gasteiger partial charge in [-0.05, 0) is 61.7 Å². The van der Waals surface area contributed by atoms with Crippen LogP contribution in [-0.4, -0.2) is 11.8 Å². The number of hydrogen-bond donors (Lipinski definition) is 2. The average Bonchev–Trinajstić information content (AvgIpc) is 2.73. The number of amides is 2. The molecule has 0 saturated carbocycles. The lowest BCUT2D eigenvalue weighted by Crippen LogP contribution is -2.18. The first-order chi connectivity index (χ1) is 15.5. The van der Waals surface area contributed by atoms with E-state index in [1.54, 1.807) is 0 Å². The molecule has 33 heavy (non-hydrogen) atoms. The van der Waals surface area contributed by atoms with Crippen LogP contribution in [0.15, 0.2) is 60.7 Å². The number of anilines is 2. The average molecular weight is 458 g/mol. The highest BCUT2D eigenvalue weighted by Gasteiger charge is 2.34. The topological polar surface area (TPSA) is 58.2 Å². The zero-order valence-corrected chi connectivity index (χ0v) is 18.0. The lowest BCUT2D eigenvalue weighted by atomic mass is 10.0. The van der Waals surface area contributed by atoms with Gasteiger partial charge in [0.1, 0.15) is 5.82 Å².